The normalized spacial score (nSPS) is 25.6. The second-order valence-electron chi connectivity index (χ2n) is 5.72. The minimum absolute atomic E-state index is 0.00750. The Balaban J connectivity index is 2.62. The number of esters is 2. The van der Waals surface area contributed by atoms with Crippen molar-refractivity contribution in [2.45, 2.75) is 33.3 Å². The maximum absolute atomic E-state index is 12.3. The Morgan fingerprint density at radius 2 is 2.04 bits per heavy atom. The molecule has 0 saturated carbocycles. The van der Waals surface area contributed by atoms with Crippen LogP contribution in [-0.2, 0) is 37.4 Å². The summed E-state index contributed by atoms with van der Waals surface area (Å²) in [6.45, 7) is 4.10. The van der Waals surface area contributed by atoms with E-state index in [1.807, 2.05) is 0 Å². The zero-order valence-electron chi connectivity index (χ0n) is 14.1. The number of ether oxygens (including phenoxy) is 2. The van der Waals surface area contributed by atoms with Gasteiger partial charge in [0, 0.05) is 18.9 Å². The number of methoxy groups -OCH3 is 1. The average molecular weight is 368 g/mol. The van der Waals surface area contributed by atoms with Crippen molar-refractivity contribution in [1.29, 1.82) is 0 Å². The average Bonchev–Trinajstić information content (AvgIpc) is 2.49. The van der Waals surface area contributed by atoms with Gasteiger partial charge in [-0.15, -0.1) is 0 Å². The topological polar surface area (TPSA) is 130 Å². The molecule has 24 heavy (non-hydrogen) atoms. The van der Waals surface area contributed by atoms with Crippen LogP contribution in [0, 0.1) is 5.41 Å². The first kappa shape index (κ1) is 20.7. The third kappa shape index (κ3) is 6.29. The van der Waals surface area contributed by atoms with E-state index >= 15 is 0 Å². The Hall–Kier alpha value is -1.32. The molecule has 139 valence electrons. The van der Waals surface area contributed by atoms with Gasteiger partial charge in [0.15, 0.2) is 6.10 Å². The molecule has 0 aliphatic carbocycles. The van der Waals surface area contributed by atoms with E-state index < -0.39 is 44.3 Å². The first-order chi connectivity index (χ1) is 11.1. The minimum atomic E-state index is -3.80. The number of amides is 1. The summed E-state index contributed by atoms with van der Waals surface area (Å²) in [5.74, 6) is -1.59. The number of nitrogens with one attached hydrogen (secondary N) is 1. The minimum Gasteiger partial charge on any atom is -0.469 e. The molecule has 1 radical (unpaired) electrons. The quantitative estimate of drug-likeness (QED) is 0.370. The lowest BCUT2D eigenvalue weighted by Gasteiger charge is -2.43. The number of hydrogen-bond donors (Lipinski definition) is 2. The highest BCUT2D eigenvalue weighted by atomic mass is 31.2. The van der Waals surface area contributed by atoms with Crippen molar-refractivity contribution in [2.24, 2.45) is 5.41 Å². The third-order valence-corrected chi connectivity index (χ3v) is 4.48. The fraction of sp³-hybridized carbons (Fsp3) is 0.769. The van der Waals surface area contributed by atoms with Crippen LogP contribution in [0.2, 0.25) is 0 Å². The molecule has 0 spiro atoms. The van der Waals surface area contributed by atoms with Crippen LogP contribution in [0.3, 0.4) is 0 Å². The molecule has 0 aromatic rings. The lowest BCUT2D eigenvalue weighted by atomic mass is 9.87. The van der Waals surface area contributed by atoms with Crippen molar-refractivity contribution in [3.63, 3.8) is 0 Å². The van der Waals surface area contributed by atoms with Gasteiger partial charge in [-0.1, -0.05) is 13.8 Å². The first-order valence-electron chi connectivity index (χ1n) is 7.17. The standard InChI is InChI=1S/C13H23NO9P/c1-9(15)20-8-22-24(18)21-7-13(2,3)11(23-24)12(17)14-6-5-10(16)19-4/h11,18H,5-8H2,1-4H3,(H,14,17)/t11-/m0/s1. The van der Waals surface area contributed by atoms with E-state index in [0.29, 0.717) is 0 Å². The molecule has 2 N–H and O–H groups in total. The number of carbonyl (C=O) groups excluding carboxylic acids is 3. The van der Waals surface area contributed by atoms with Gasteiger partial charge in [-0.3, -0.25) is 28.0 Å². The Kier molecular flexibility index (Phi) is 7.50. The van der Waals surface area contributed by atoms with E-state index in [9.17, 15) is 19.3 Å². The van der Waals surface area contributed by atoms with Crippen molar-refractivity contribution < 1.29 is 42.3 Å². The zero-order chi connectivity index (χ0) is 18.4. The van der Waals surface area contributed by atoms with Gasteiger partial charge in [-0.25, -0.2) is 0 Å². The fourth-order valence-corrected chi connectivity index (χ4v) is 3.28. The summed E-state index contributed by atoms with van der Waals surface area (Å²) in [7, 11) is -2.55. The first-order valence-corrected chi connectivity index (χ1v) is 8.66. The molecule has 11 heteroatoms. The lowest BCUT2D eigenvalue weighted by Crippen LogP contribution is -2.50. The van der Waals surface area contributed by atoms with Crippen LogP contribution in [-0.4, -0.2) is 55.9 Å². The van der Waals surface area contributed by atoms with Gasteiger partial charge in [0.25, 0.3) is 0 Å². The van der Waals surface area contributed by atoms with Crippen LogP contribution in [0.5, 0.6) is 0 Å². The summed E-state index contributed by atoms with van der Waals surface area (Å²) in [5, 5.41) is 2.53. The molecular weight excluding hydrogens is 345 g/mol. The molecule has 0 aromatic carbocycles. The van der Waals surface area contributed by atoms with Gasteiger partial charge in [0.05, 0.1) is 20.1 Å². The second kappa shape index (κ2) is 8.68. The predicted octanol–water partition coefficient (Wildman–Crippen LogP) is 0.314. The number of hydrogen-bond acceptors (Lipinski definition) is 9. The maximum Gasteiger partial charge on any atom is 0.381 e. The molecule has 10 nitrogen and oxygen atoms in total. The van der Waals surface area contributed by atoms with Crippen molar-refractivity contribution >= 4 is 26.0 Å². The second-order valence-corrected chi connectivity index (χ2v) is 7.38. The van der Waals surface area contributed by atoms with Gasteiger partial charge >= 0.3 is 20.1 Å². The van der Waals surface area contributed by atoms with Crippen molar-refractivity contribution in [3.8, 4) is 0 Å². The molecular formula is C13H23NO9P. The molecule has 0 aromatic heterocycles. The molecule has 1 rings (SSSR count). The summed E-state index contributed by atoms with van der Waals surface area (Å²) in [6.07, 6.45) is -1.06. The van der Waals surface area contributed by atoms with Crippen LogP contribution >= 0.6 is 8.17 Å². The predicted molar refractivity (Wildman–Crippen MR) is 81.1 cm³/mol. The largest absolute Gasteiger partial charge is 0.469 e. The summed E-state index contributed by atoms with van der Waals surface area (Å²) >= 11 is 0. The summed E-state index contributed by atoms with van der Waals surface area (Å²) in [5.41, 5.74) is -0.744. The van der Waals surface area contributed by atoms with Crippen LogP contribution in [0.4, 0.5) is 0 Å². The van der Waals surface area contributed by atoms with Crippen molar-refractivity contribution in [1.82, 2.24) is 5.32 Å². The van der Waals surface area contributed by atoms with Gasteiger partial charge in [-0.2, -0.15) is 0 Å². The van der Waals surface area contributed by atoms with Crippen LogP contribution in [0.15, 0.2) is 0 Å². The van der Waals surface area contributed by atoms with Gasteiger partial charge < -0.3 is 19.7 Å². The Labute approximate surface area is 140 Å². The lowest BCUT2D eigenvalue weighted by molar-refractivity contribution is -0.156. The molecule has 1 amide bonds. The van der Waals surface area contributed by atoms with E-state index in [0.717, 1.165) is 0 Å². The van der Waals surface area contributed by atoms with Gasteiger partial charge in [-0.05, 0) is 0 Å². The summed E-state index contributed by atoms with van der Waals surface area (Å²) < 4.78 is 24.5. The molecule has 2 atom stereocenters. The zero-order valence-corrected chi connectivity index (χ0v) is 15.0. The van der Waals surface area contributed by atoms with E-state index in [-0.39, 0.29) is 19.6 Å². The van der Waals surface area contributed by atoms with E-state index in [2.05, 4.69) is 14.8 Å². The highest BCUT2D eigenvalue weighted by molar-refractivity contribution is 7.55. The highest BCUT2D eigenvalue weighted by Crippen LogP contribution is 2.63. The van der Waals surface area contributed by atoms with E-state index in [1.54, 1.807) is 13.8 Å². The molecule has 1 heterocycles. The van der Waals surface area contributed by atoms with Crippen molar-refractivity contribution in [2.75, 3.05) is 27.1 Å². The van der Waals surface area contributed by atoms with Crippen LogP contribution < -0.4 is 5.32 Å². The van der Waals surface area contributed by atoms with Gasteiger partial charge in [0.1, 0.15) is 0 Å². The van der Waals surface area contributed by atoms with Crippen LogP contribution in [0.1, 0.15) is 27.2 Å². The van der Waals surface area contributed by atoms with Crippen molar-refractivity contribution in [3.05, 3.63) is 0 Å². The SMILES string of the molecule is COC(=O)CCNC(=O)[C@@H]1O[P](O)(OCOC(C)=O)OCC1(C)C. The molecule has 1 unspecified atom stereocenters. The fourth-order valence-electron chi connectivity index (χ4n) is 1.76. The maximum atomic E-state index is 12.3. The van der Waals surface area contributed by atoms with E-state index in [1.165, 1.54) is 14.0 Å². The summed E-state index contributed by atoms with van der Waals surface area (Å²) in [4.78, 5) is 44.2. The highest BCUT2D eigenvalue weighted by Gasteiger charge is 2.50. The Bertz CT molecular complexity index is 484. The van der Waals surface area contributed by atoms with E-state index in [4.69, 9.17) is 13.6 Å². The molecule has 1 fully saturated rings. The third-order valence-electron chi connectivity index (χ3n) is 3.12. The Morgan fingerprint density at radius 1 is 1.38 bits per heavy atom. The molecule has 1 aliphatic rings. The monoisotopic (exact) mass is 368 g/mol. The number of carbonyl (C=O) groups is 3. The van der Waals surface area contributed by atoms with Crippen LogP contribution in [0.25, 0.3) is 0 Å². The van der Waals surface area contributed by atoms with Gasteiger partial charge in [0.2, 0.25) is 12.7 Å². The molecule has 1 aliphatic heterocycles. The number of rotatable bonds is 7. The summed E-state index contributed by atoms with van der Waals surface area (Å²) in [6, 6.07) is 0. The molecule has 0 bridgehead atoms. The smallest absolute Gasteiger partial charge is 0.381 e. The molecule has 1 saturated heterocycles. The Morgan fingerprint density at radius 3 is 2.62 bits per heavy atom.